The SMILES string of the molecule is COc1cc(Br)c(CNC(=O)/C=C/c2ccco2)cc1OC. The number of nitrogens with one attached hydrogen (secondary N) is 1. The zero-order valence-corrected chi connectivity index (χ0v) is 13.8. The van der Waals surface area contributed by atoms with Gasteiger partial charge in [-0.15, -0.1) is 0 Å². The molecule has 6 heteroatoms. The second-order valence-corrected chi connectivity index (χ2v) is 5.22. The highest BCUT2D eigenvalue weighted by Gasteiger charge is 2.10. The molecule has 0 aliphatic carbocycles. The largest absolute Gasteiger partial charge is 0.493 e. The van der Waals surface area contributed by atoms with E-state index in [4.69, 9.17) is 13.9 Å². The molecule has 0 spiro atoms. The van der Waals surface area contributed by atoms with Crippen molar-refractivity contribution < 1.29 is 18.7 Å². The number of methoxy groups -OCH3 is 2. The van der Waals surface area contributed by atoms with Crippen molar-refractivity contribution in [2.45, 2.75) is 6.54 Å². The molecule has 2 aromatic rings. The van der Waals surface area contributed by atoms with E-state index in [0.29, 0.717) is 23.8 Å². The van der Waals surface area contributed by atoms with Crippen LogP contribution in [0.3, 0.4) is 0 Å². The number of hydrogen-bond donors (Lipinski definition) is 1. The first-order valence-corrected chi connectivity index (χ1v) is 7.33. The van der Waals surface area contributed by atoms with Gasteiger partial charge in [0.2, 0.25) is 5.91 Å². The van der Waals surface area contributed by atoms with E-state index in [1.165, 1.54) is 6.08 Å². The van der Waals surface area contributed by atoms with E-state index >= 15 is 0 Å². The van der Waals surface area contributed by atoms with Crippen LogP contribution in [0.15, 0.2) is 45.5 Å². The highest BCUT2D eigenvalue weighted by molar-refractivity contribution is 9.10. The summed E-state index contributed by atoms with van der Waals surface area (Å²) in [6.07, 6.45) is 4.59. The summed E-state index contributed by atoms with van der Waals surface area (Å²) in [6.45, 7) is 0.363. The van der Waals surface area contributed by atoms with Gasteiger partial charge in [-0.25, -0.2) is 0 Å². The van der Waals surface area contributed by atoms with Gasteiger partial charge in [0.25, 0.3) is 0 Å². The lowest BCUT2D eigenvalue weighted by Gasteiger charge is -2.12. The molecular weight excluding hydrogens is 350 g/mol. The molecule has 1 N–H and O–H groups in total. The molecule has 0 fully saturated rings. The Hall–Kier alpha value is -2.21. The Bertz CT molecular complexity index is 665. The molecule has 0 saturated carbocycles. The van der Waals surface area contributed by atoms with Crippen LogP contribution < -0.4 is 14.8 Å². The molecule has 1 aromatic carbocycles. The Labute approximate surface area is 137 Å². The number of ether oxygens (including phenoxy) is 2. The van der Waals surface area contributed by atoms with Crippen molar-refractivity contribution in [3.05, 3.63) is 52.4 Å². The standard InChI is InChI=1S/C16H16BrNO4/c1-20-14-8-11(13(17)9-15(14)21-2)10-18-16(19)6-5-12-4-3-7-22-12/h3-9H,10H2,1-2H3,(H,18,19)/b6-5+. The summed E-state index contributed by atoms with van der Waals surface area (Å²) in [5.74, 6) is 1.66. The normalized spacial score (nSPS) is 10.7. The van der Waals surface area contributed by atoms with Crippen LogP contribution in [0.5, 0.6) is 11.5 Å². The first kappa shape index (κ1) is 16.2. The van der Waals surface area contributed by atoms with Gasteiger partial charge >= 0.3 is 0 Å². The van der Waals surface area contributed by atoms with E-state index < -0.39 is 0 Å². The van der Waals surface area contributed by atoms with Gasteiger partial charge in [0, 0.05) is 17.1 Å². The zero-order chi connectivity index (χ0) is 15.9. The summed E-state index contributed by atoms with van der Waals surface area (Å²) < 4.78 is 16.4. The van der Waals surface area contributed by atoms with E-state index in [0.717, 1.165) is 10.0 Å². The summed E-state index contributed by atoms with van der Waals surface area (Å²) in [5.41, 5.74) is 0.886. The Kier molecular flexibility index (Phi) is 5.66. The maximum absolute atomic E-state index is 11.8. The van der Waals surface area contributed by atoms with E-state index in [2.05, 4.69) is 21.2 Å². The number of amides is 1. The molecule has 1 aromatic heterocycles. The maximum Gasteiger partial charge on any atom is 0.244 e. The molecule has 5 nitrogen and oxygen atoms in total. The van der Waals surface area contributed by atoms with Gasteiger partial charge < -0.3 is 19.2 Å². The molecule has 0 aliphatic rings. The molecule has 0 bridgehead atoms. The van der Waals surface area contributed by atoms with Gasteiger partial charge in [-0.2, -0.15) is 0 Å². The molecule has 0 atom stereocenters. The minimum absolute atomic E-state index is 0.210. The van der Waals surface area contributed by atoms with Crippen molar-refractivity contribution in [1.29, 1.82) is 0 Å². The van der Waals surface area contributed by atoms with Crippen LogP contribution in [0.25, 0.3) is 6.08 Å². The Balaban J connectivity index is 2.00. The molecule has 0 radical (unpaired) electrons. The third-order valence-corrected chi connectivity index (χ3v) is 3.69. The lowest BCUT2D eigenvalue weighted by molar-refractivity contribution is -0.116. The summed E-state index contributed by atoms with van der Waals surface area (Å²) in [6, 6.07) is 7.16. The Morgan fingerprint density at radius 3 is 2.68 bits per heavy atom. The number of rotatable bonds is 6. The number of carbonyl (C=O) groups excluding carboxylic acids is 1. The highest BCUT2D eigenvalue weighted by Crippen LogP contribution is 2.33. The van der Waals surface area contributed by atoms with Crippen molar-refractivity contribution in [3.63, 3.8) is 0 Å². The average Bonchev–Trinajstić information content (AvgIpc) is 3.04. The molecule has 0 aliphatic heterocycles. The van der Waals surface area contributed by atoms with Gasteiger partial charge in [-0.1, -0.05) is 15.9 Å². The molecule has 0 saturated heterocycles. The molecule has 116 valence electrons. The van der Waals surface area contributed by atoms with Crippen LogP contribution in [-0.2, 0) is 11.3 Å². The number of halogens is 1. The van der Waals surface area contributed by atoms with Crippen LogP contribution in [0.1, 0.15) is 11.3 Å². The van der Waals surface area contributed by atoms with Crippen molar-refractivity contribution in [3.8, 4) is 11.5 Å². The molecular formula is C16H16BrNO4. The van der Waals surface area contributed by atoms with E-state index in [1.807, 2.05) is 6.07 Å². The summed E-state index contributed by atoms with van der Waals surface area (Å²) >= 11 is 3.45. The van der Waals surface area contributed by atoms with Crippen LogP contribution in [-0.4, -0.2) is 20.1 Å². The lowest BCUT2D eigenvalue weighted by Crippen LogP contribution is -2.20. The molecule has 0 unspecified atom stereocenters. The number of hydrogen-bond acceptors (Lipinski definition) is 4. The van der Waals surface area contributed by atoms with Crippen molar-refractivity contribution in [2.75, 3.05) is 14.2 Å². The minimum atomic E-state index is -0.210. The van der Waals surface area contributed by atoms with Gasteiger partial charge in [0.05, 0.1) is 20.5 Å². The summed E-state index contributed by atoms with van der Waals surface area (Å²) in [5, 5.41) is 2.80. The molecule has 1 amide bonds. The predicted molar refractivity (Wildman–Crippen MR) is 86.8 cm³/mol. The average molecular weight is 366 g/mol. The first-order chi connectivity index (χ1) is 10.6. The Morgan fingerprint density at radius 1 is 1.32 bits per heavy atom. The van der Waals surface area contributed by atoms with Gasteiger partial charge in [-0.3, -0.25) is 4.79 Å². The quantitative estimate of drug-likeness (QED) is 0.797. The van der Waals surface area contributed by atoms with Crippen molar-refractivity contribution >= 4 is 27.9 Å². The third kappa shape index (κ3) is 4.14. The smallest absolute Gasteiger partial charge is 0.244 e. The van der Waals surface area contributed by atoms with Gasteiger partial charge in [0.1, 0.15) is 5.76 Å². The fraction of sp³-hybridized carbons (Fsp3) is 0.188. The third-order valence-electron chi connectivity index (χ3n) is 2.95. The molecule has 22 heavy (non-hydrogen) atoms. The fourth-order valence-electron chi connectivity index (χ4n) is 1.82. The zero-order valence-electron chi connectivity index (χ0n) is 12.3. The second kappa shape index (κ2) is 7.70. The van der Waals surface area contributed by atoms with E-state index in [1.54, 1.807) is 44.8 Å². The Morgan fingerprint density at radius 2 is 2.05 bits per heavy atom. The number of benzene rings is 1. The number of carbonyl (C=O) groups is 1. The van der Waals surface area contributed by atoms with Gasteiger partial charge in [0.15, 0.2) is 11.5 Å². The molecule has 1 heterocycles. The molecule has 2 rings (SSSR count). The lowest BCUT2D eigenvalue weighted by atomic mass is 10.2. The van der Waals surface area contributed by atoms with Crippen LogP contribution in [0, 0.1) is 0 Å². The minimum Gasteiger partial charge on any atom is -0.493 e. The summed E-state index contributed by atoms with van der Waals surface area (Å²) in [7, 11) is 3.14. The van der Waals surface area contributed by atoms with E-state index in [9.17, 15) is 4.79 Å². The van der Waals surface area contributed by atoms with E-state index in [-0.39, 0.29) is 5.91 Å². The van der Waals surface area contributed by atoms with Crippen LogP contribution in [0.4, 0.5) is 0 Å². The topological polar surface area (TPSA) is 60.7 Å². The maximum atomic E-state index is 11.8. The summed E-state index contributed by atoms with van der Waals surface area (Å²) in [4.78, 5) is 11.8. The van der Waals surface area contributed by atoms with Crippen molar-refractivity contribution in [2.24, 2.45) is 0 Å². The number of furan rings is 1. The second-order valence-electron chi connectivity index (χ2n) is 4.37. The van der Waals surface area contributed by atoms with Crippen LogP contribution >= 0.6 is 15.9 Å². The highest BCUT2D eigenvalue weighted by atomic mass is 79.9. The first-order valence-electron chi connectivity index (χ1n) is 6.54. The fourth-order valence-corrected chi connectivity index (χ4v) is 2.28. The van der Waals surface area contributed by atoms with Crippen molar-refractivity contribution in [1.82, 2.24) is 5.32 Å². The van der Waals surface area contributed by atoms with Crippen LogP contribution in [0.2, 0.25) is 0 Å². The predicted octanol–water partition coefficient (Wildman–Crippen LogP) is 3.39. The monoisotopic (exact) mass is 365 g/mol. The van der Waals surface area contributed by atoms with Gasteiger partial charge in [-0.05, 0) is 35.9 Å².